The lowest BCUT2D eigenvalue weighted by molar-refractivity contribution is -0.132. The van der Waals surface area contributed by atoms with Crippen LogP contribution in [0.25, 0.3) is 5.76 Å². The van der Waals surface area contributed by atoms with Crippen molar-refractivity contribution in [2.75, 3.05) is 18.6 Å². The van der Waals surface area contributed by atoms with Gasteiger partial charge in [0.15, 0.2) is 16.6 Å². The van der Waals surface area contributed by atoms with E-state index in [0.29, 0.717) is 46.7 Å². The maximum atomic E-state index is 13.4. The van der Waals surface area contributed by atoms with Crippen molar-refractivity contribution >= 4 is 33.9 Å². The molecule has 204 valence electrons. The Morgan fingerprint density at radius 2 is 1.80 bits per heavy atom. The minimum Gasteiger partial charge on any atom is -0.507 e. The number of carbonyl (C=O) groups excluding carboxylic acids is 2. The molecule has 1 fully saturated rings. The summed E-state index contributed by atoms with van der Waals surface area (Å²) in [4.78, 5) is 32.2. The number of carbonyl (C=O) groups is 2. The fourth-order valence-corrected chi connectivity index (χ4v) is 5.27. The molecule has 1 unspecified atom stereocenters. The van der Waals surface area contributed by atoms with Gasteiger partial charge in [0, 0.05) is 17.1 Å². The zero-order valence-corrected chi connectivity index (χ0v) is 23.1. The zero-order valence-electron chi connectivity index (χ0n) is 22.3. The molecule has 1 amide bonds. The third kappa shape index (κ3) is 5.15. The maximum Gasteiger partial charge on any atom is 0.301 e. The van der Waals surface area contributed by atoms with Gasteiger partial charge in [0.25, 0.3) is 5.78 Å². The molecule has 1 aliphatic heterocycles. The zero-order chi connectivity index (χ0) is 28.2. The van der Waals surface area contributed by atoms with Gasteiger partial charge in [-0.15, -0.1) is 11.3 Å². The highest BCUT2D eigenvalue weighted by molar-refractivity contribution is 7.14. The molecule has 8 nitrogen and oxygen atoms in total. The Morgan fingerprint density at radius 1 is 1.02 bits per heavy atom. The van der Waals surface area contributed by atoms with Gasteiger partial charge in [-0.1, -0.05) is 30.3 Å². The smallest absolute Gasteiger partial charge is 0.301 e. The van der Waals surface area contributed by atoms with Crippen LogP contribution < -0.4 is 19.1 Å². The number of rotatable bonds is 9. The molecule has 2 heterocycles. The van der Waals surface area contributed by atoms with Crippen molar-refractivity contribution in [3.8, 4) is 17.2 Å². The summed E-state index contributed by atoms with van der Waals surface area (Å²) >= 11 is 1.23. The third-order valence-electron chi connectivity index (χ3n) is 6.66. The highest BCUT2D eigenvalue weighted by Gasteiger charge is 2.48. The normalized spacial score (nSPS) is 16.3. The monoisotopic (exact) mass is 556 g/mol. The van der Waals surface area contributed by atoms with E-state index < -0.39 is 17.7 Å². The topological polar surface area (TPSA) is 98.2 Å². The fraction of sp³-hybridized carbons (Fsp3) is 0.194. The summed E-state index contributed by atoms with van der Waals surface area (Å²) in [7, 11) is 1.52. The van der Waals surface area contributed by atoms with Crippen molar-refractivity contribution in [1.29, 1.82) is 0 Å². The van der Waals surface area contributed by atoms with Crippen LogP contribution in [-0.4, -0.2) is 35.5 Å². The Bertz CT molecular complexity index is 1560. The second-order valence-corrected chi connectivity index (χ2v) is 9.94. The highest BCUT2D eigenvalue weighted by atomic mass is 32.1. The number of amides is 1. The quantitative estimate of drug-likeness (QED) is 0.152. The molecular formula is C31H28N2O6S. The van der Waals surface area contributed by atoms with Crippen LogP contribution in [0.15, 0.2) is 83.9 Å². The first-order valence-corrected chi connectivity index (χ1v) is 13.6. The SMILES string of the molecule is CCOc1ccc(C2C(=C(O)c3ccc(OCc4ccccc4C)cc3)C(=O)C(=O)N2c2nccs2)cc1OC. The van der Waals surface area contributed by atoms with Crippen molar-refractivity contribution in [1.82, 2.24) is 4.98 Å². The Hall–Kier alpha value is -4.63. The molecule has 0 saturated carbocycles. The number of Topliss-reactive ketones (excluding diaryl/α,β-unsaturated/α-hetero) is 1. The molecule has 1 aliphatic rings. The summed E-state index contributed by atoms with van der Waals surface area (Å²) in [6.45, 7) is 4.73. The maximum absolute atomic E-state index is 13.4. The first kappa shape index (κ1) is 27.0. The van der Waals surface area contributed by atoms with E-state index in [0.717, 1.165) is 11.1 Å². The summed E-state index contributed by atoms with van der Waals surface area (Å²) in [5.41, 5.74) is 3.10. The number of aryl methyl sites for hydroxylation is 1. The molecule has 3 aromatic carbocycles. The van der Waals surface area contributed by atoms with Crippen LogP contribution in [0.4, 0.5) is 5.13 Å². The number of aromatic nitrogens is 1. The lowest BCUT2D eigenvalue weighted by atomic mass is 9.95. The van der Waals surface area contributed by atoms with Crippen molar-refractivity contribution in [2.24, 2.45) is 0 Å². The number of aliphatic hydroxyl groups excluding tert-OH is 1. The second-order valence-electron chi connectivity index (χ2n) is 9.07. The second kappa shape index (κ2) is 11.6. The van der Waals surface area contributed by atoms with Crippen LogP contribution in [-0.2, 0) is 16.2 Å². The molecule has 9 heteroatoms. The molecule has 0 spiro atoms. The molecule has 1 atom stereocenters. The number of anilines is 1. The number of hydrogen-bond donors (Lipinski definition) is 1. The van der Waals surface area contributed by atoms with Gasteiger partial charge in [0.2, 0.25) is 0 Å². The van der Waals surface area contributed by atoms with Gasteiger partial charge < -0.3 is 19.3 Å². The lowest BCUT2D eigenvalue weighted by Gasteiger charge is -2.24. The van der Waals surface area contributed by atoms with E-state index >= 15 is 0 Å². The van der Waals surface area contributed by atoms with Gasteiger partial charge in [0.1, 0.15) is 18.1 Å². The summed E-state index contributed by atoms with van der Waals surface area (Å²) in [6.07, 6.45) is 1.56. The summed E-state index contributed by atoms with van der Waals surface area (Å²) in [5, 5.41) is 13.5. The number of hydrogen-bond acceptors (Lipinski definition) is 8. The number of benzene rings is 3. The van der Waals surface area contributed by atoms with Crippen molar-refractivity contribution < 1.29 is 28.9 Å². The highest BCUT2D eigenvalue weighted by Crippen LogP contribution is 2.44. The molecule has 0 aliphatic carbocycles. The molecule has 5 rings (SSSR count). The van der Waals surface area contributed by atoms with Gasteiger partial charge in [-0.2, -0.15) is 0 Å². The number of nitrogens with zero attached hydrogens (tertiary/aromatic N) is 2. The fourth-order valence-electron chi connectivity index (χ4n) is 4.61. The standard InChI is InChI=1S/C31H28N2O6S/c1-4-38-24-14-11-21(17-25(24)37-3)27-26(29(35)30(36)33(27)31-32-15-16-40-31)28(34)20-9-12-23(13-10-20)39-18-22-8-6-5-7-19(22)2/h5-17,27,34H,4,18H2,1-3H3. The Kier molecular flexibility index (Phi) is 7.84. The van der Waals surface area contributed by atoms with Crippen LogP contribution in [0.3, 0.4) is 0 Å². The molecule has 40 heavy (non-hydrogen) atoms. The molecule has 0 bridgehead atoms. The van der Waals surface area contributed by atoms with Gasteiger partial charge in [0.05, 0.1) is 25.3 Å². The predicted molar refractivity (Wildman–Crippen MR) is 153 cm³/mol. The Labute approximate surface area is 236 Å². The van der Waals surface area contributed by atoms with E-state index in [-0.39, 0.29) is 11.3 Å². The van der Waals surface area contributed by atoms with Crippen LogP contribution >= 0.6 is 11.3 Å². The average Bonchev–Trinajstić information content (AvgIpc) is 3.59. The molecular weight excluding hydrogens is 528 g/mol. The number of methoxy groups -OCH3 is 1. The van der Waals surface area contributed by atoms with E-state index in [1.165, 1.54) is 23.3 Å². The summed E-state index contributed by atoms with van der Waals surface area (Å²) < 4.78 is 17.1. The van der Waals surface area contributed by atoms with E-state index in [4.69, 9.17) is 14.2 Å². The van der Waals surface area contributed by atoms with Gasteiger partial charge in [-0.05, 0) is 66.9 Å². The average molecular weight is 557 g/mol. The first-order chi connectivity index (χ1) is 19.4. The molecule has 1 aromatic heterocycles. The first-order valence-electron chi connectivity index (χ1n) is 12.7. The number of ketones is 1. The van der Waals surface area contributed by atoms with Crippen LogP contribution in [0.1, 0.15) is 35.2 Å². The Morgan fingerprint density at radius 3 is 2.48 bits per heavy atom. The Balaban J connectivity index is 1.52. The summed E-state index contributed by atoms with van der Waals surface area (Å²) in [6, 6.07) is 19.0. The van der Waals surface area contributed by atoms with Crippen LogP contribution in [0, 0.1) is 6.92 Å². The van der Waals surface area contributed by atoms with Crippen LogP contribution in [0.2, 0.25) is 0 Å². The largest absolute Gasteiger partial charge is 0.507 e. The van der Waals surface area contributed by atoms with Crippen molar-refractivity contribution in [3.05, 3.63) is 106 Å². The summed E-state index contributed by atoms with van der Waals surface area (Å²) in [5.74, 6) is -0.282. The van der Waals surface area contributed by atoms with Crippen LogP contribution in [0.5, 0.6) is 17.2 Å². The number of aliphatic hydroxyl groups is 1. The van der Waals surface area contributed by atoms with E-state index in [1.54, 1.807) is 54.0 Å². The van der Waals surface area contributed by atoms with Crippen molar-refractivity contribution in [2.45, 2.75) is 26.5 Å². The van der Waals surface area contributed by atoms with Gasteiger partial charge in [-0.3, -0.25) is 14.5 Å². The van der Waals surface area contributed by atoms with Gasteiger partial charge in [-0.25, -0.2) is 4.98 Å². The number of thiazole rings is 1. The van der Waals surface area contributed by atoms with Crippen molar-refractivity contribution in [3.63, 3.8) is 0 Å². The minimum atomic E-state index is -0.923. The third-order valence-corrected chi connectivity index (χ3v) is 7.43. The number of ether oxygens (including phenoxy) is 3. The predicted octanol–water partition coefficient (Wildman–Crippen LogP) is 6.06. The molecule has 0 radical (unpaired) electrons. The van der Waals surface area contributed by atoms with E-state index in [2.05, 4.69) is 4.98 Å². The lowest BCUT2D eigenvalue weighted by Crippen LogP contribution is -2.29. The van der Waals surface area contributed by atoms with E-state index in [1.807, 2.05) is 38.1 Å². The molecule has 4 aromatic rings. The minimum absolute atomic E-state index is 0.0417. The molecule has 1 saturated heterocycles. The van der Waals surface area contributed by atoms with E-state index in [9.17, 15) is 14.7 Å². The van der Waals surface area contributed by atoms with Gasteiger partial charge >= 0.3 is 5.91 Å². The molecule has 1 N–H and O–H groups in total.